The molecule has 2 heterocycles. The van der Waals surface area contributed by atoms with Crippen LogP contribution in [0.1, 0.15) is 25.0 Å². The third-order valence-electron chi connectivity index (χ3n) is 4.84. The van der Waals surface area contributed by atoms with Gasteiger partial charge in [-0.05, 0) is 61.4 Å². The number of para-hydroxylation sites is 1. The van der Waals surface area contributed by atoms with Gasteiger partial charge in [0.1, 0.15) is 22.9 Å². The Hall–Kier alpha value is -3.02. The highest BCUT2D eigenvalue weighted by Gasteiger charge is 2.20. The molecule has 0 radical (unpaired) electrons. The lowest BCUT2D eigenvalue weighted by atomic mass is 10.00. The number of fused-ring (bicyclic) bond motifs is 1. The van der Waals surface area contributed by atoms with Crippen molar-refractivity contribution in [2.75, 3.05) is 5.32 Å². The van der Waals surface area contributed by atoms with E-state index in [4.69, 9.17) is 16.6 Å². The van der Waals surface area contributed by atoms with Gasteiger partial charge in [-0.15, -0.1) is 0 Å². The number of aromatic nitrogens is 2. The number of halogens is 1. The van der Waals surface area contributed by atoms with Gasteiger partial charge in [-0.3, -0.25) is 4.40 Å². The number of rotatable bonds is 5. The molecule has 0 spiro atoms. The predicted octanol–water partition coefficient (Wildman–Crippen LogP) is 5.20. The summed E-state index contributed by atoms with van der Waals surface area (Å²) in [6.07, 6.45) is 1.87. The number of hydrogen-bond donors (Lipinski definition) is 3. The van der Waals surface area contributed by atoms with Gasteiger partial charge in [0.15, 0.2) is 0 Å². The third-order valence-corrected chi connectivity index (χ3v) is 5.08. The maximum atomic E-state index is 10.4. The van der Waals surface area contributed by atoms with Crippen LogP contribution in [0.3, 0.4) is 0 Å². The number of nitrogens with zero attached hydrogens (tertiary/aromatic N) is 2. The zero-order valence-corrected chi connectivity index (χ0v) is 17.0. The van der Waals surface area contributed by atoms with Crippen LogP contribution in [0, 0.1) is 0 Å². The summed E-state index contributed by atoms with van der Waals surface area (Å²) < 4.78 is 1.92. The standard InChI is InChI=1S/C23H22ClN3O2/c1-23(2,29)16-10-11-27-20(13-16)26-21(18-8-3-4-9-19(18)28)22(27)25-14-15-6-5-7-17(24)12-15/h3-13,25,28-29H,14H2,1-2H3. The summed E-state index contributed by atoms with van der Waals surface area (Å²) in [6, 6.07) is 18.5. The summed E-state index contributed by atoms with van der Waals surface area (Å²) in [7, 11) is 0. The fraction of sp³-hybridized carbons (Fsp3) is 0.174. The number of phenols is 1. The number of benzene rings is 2. The van der Waals surface area contributed by atoms with E-state index < -0.39 is 5.60 Å². The predicted molar refractivity (Wildman–Crippen MR) is 116 cm³/mol. The summed E-state index contributed by atoms with van der Waals surface area (Å²) >= 11 is 6.11. The van der Waals surface area contributed by atoms with Crippen LogP contribution in [0.25, 0.3) is 16.9 Å². The smallest absolute Gasteiger partial charge is 0.139 e. The second kappa shape index (κ2) is 7.43. The molecule has 6 heteroatoms. The zero-order valence-electron chi connectivity index (χ0n) is 16.2. The molecule has 2 aromatic heterocycles. The van der Waals surface area contributed by atoms with Crippen LogP contribution < -0.4 is 5.32 Å². The molecule has 0 aliphatic heterocycles. The Kier molecular flexibility index (Phi) is 4.94. The molecule has 0 amide bonds. The molecular weight excluding hydrogens is 386 g/mol. The lowest BCUT2D eigenvalue weighted by Gasteiger charge is -2.17. The number of nitrogens with one attached hydrogen (secondary N) is 1. The van der Waals surface area contributed by atoms with Gasteiger partial charge >= 0.3 is 0 Å². The van der Waals surface area contributed by atoms with Crippen molar-refractivity contribution >= 4 is 23.1 Å². The molecule has 4 aromatic rings. The topological polar surface area (TPSA) is 69.8 Å². The van der Waals surface area contributed by atoms with E-state index in [1.54, 1.807) is 26.0 Å². The minimum Gasteiger partial charge on any atom is -0.507 e. The highest BCUT2D eigenvalue weighted by atomic mass is 35.5. The summed E-state index contributed by atoms with van der Waals surface area (Å²) in [5.74, 6) is 0.910. The molecule has 0 unspecified atom stereocenters. The first kappa shape index (κ1) is 19.3. The number of pyridine rings is 1. The molecule has 5 nitrogen and oxygen atoms in total. The van der Waals surface area contributed by atoms with Crippen molar-refractivity contribution in [2.45, 2.75) is 26.0 Å². The first-order chi connectivity index (χ1) is 13.8. The zero-order chi connectivity index (χ0) is 20.6. The highest BCUT2D eigenvalue weighted by molar-refractivity contribution is 6.30. The van der Waals surface area contributed by atoms with Crippen molar-refractivity contribution in [1.82, 2.24) is 9.38 Å². The van der Waals surface area contributed by atoms with E-state index >= 15 is 0 Å². The lowest BCUT2D eigenvalue weighted by Crippen LogP contribution is -2.15. The number of aliphatic hydroxyl groups is 1. The van der Waals surface area contributed by atoms with Crippen LogP contribution in [0.4, 0.5) is 5.82 Å². The van der Waals surface area contributed by atoms with Crippen LogP contribution >= 0.6 is 11.6 Å². The number of aromatic hydroxyl groups is 1. The molecule has 3 N–H and O–H groups in total. The fourth-order valence-corrected chi connectivity index (χ4v) is 3.50. The van der Waals surface area contributed by atoms with Gasteiger partial charge in [-0.1, -0.05) is 35.9 Å². The highest BCUT2D eigenvalue weighted by Crippen LogP contribution is 2.35. The van der Waals surface area contributed by atoms with Gasteiger partial charge in [0.2, 0.25) is 0 Å². The van der Waals surface area contributed by atoms with Crippen molar-refractivity contribution in [3.05, 3.63) is 83.0 Å². The van der Waals surface area contributed by atoms with Crippen LogP contribution in [-0.4, -0.2) is 19.6 Å². The van der Waals surface area contributed by atoms with Crippen LogP contribution in [0.15, 0.2) is 66.9 Å². The van der Waals surface area contributed by atoms with Crippen molar-refractivity contribution in [1.29, 1.82) is 0 Å². The van der Waals surface area contributed by atoms with Crippen molar-refractivity contribution in [3.8, 4) is 17.0 Å². The first-order valence-electron chi connectivity index (χ1n) is 9.34. The molecule has 4 rings (SSSR count). The summed E-state index contributed by atoms with van der Waals surface area (Å²) in [5, 5.41) is 24.9. The van der Waals surface area contributed by atoms with E-state index in [0.717, 1.165) is 16.9 Å². The molecule has 0 fully saturated rings. The fourth-order valence-electron chi connectivity index (χ4n) is 3.29. The monoisotopic (exact) mass is 407 g/mol. The Morgan fingerprint density at radius 1 is 1.07 bits per heavy atom. The van der Waals surface area contributed by atoms with Gasteiger partial charge in [-0.25, -0.2) is 4.98 Å². The molecule has 29 heavy (non-hydrogen) atoms. The van der Waals surface area contributed by atoms with Gasteiger partial charge < -0.3 is 15.5 Å². The summed E-state index contributed by atoms with van der Waals surface area (Å²) in [5.41, 5.74) is 2.77. The minimum absolute atomic E-state index is 0.157. The van der Waals surface area contributed by atoms with Crippen LogP contribution in [-0.2, 0) is 12.1 Å². The number of hydrogen-bond acceptors (Lipinski definition) is 4. The molecule has 0 aliphatic rings. The number of anilines is 1. The van der Waals surface area contributed by atoms with Gasteiger partial charge in [0.25, 0.3) is 0 Å². The SMILES string of the molecule is CC(C)(O)c1ccn2c(NCc3cccc(Cl)c3)c(-c3ccccc3O)nc2c1. The van der Waals surface area contributed by atoms with Crippen molar-refractivity contribution < 1.29 is 10.2 Å². The number of imidazole rings is 1. The molecule has 0 bridgehead atoms. The first-order valence-corrected chi connectivity index (χ1v) is 9.72. The maximum absolute atomic E-state index is 10.4. The second-order valence-electron chi connectivity index (χ2n) is 7.51. The Morgan fingerprint density at radius 2 is 1.86 bits per heavy atom. The second-order valence-corrected chi connectivity index (χ2v) is 7.95. The Labute approximate surface area is 174 Å². The third kappa shape index (κ3) is 3.92. The van der Waals surface area contributed by atoms with Crippen molar-refractivity contribution in [3.63, 3.8) is 0 Å². The van der Waals surface area contributed by atoms with Crippen LogP contribution in [0.2, 0.25) is 5.02 Å². The maximum Gasteiger partial charge on any atom is 0.139 e. The minimum atomic E-state index is -0.975. The molecule has 0 aliphatic carbocycles. The molecule has 148 valence electrons. The lowest BCUT2D eigenvalue weighted by molar-refractivity contribution is 0.0786. The number of phenolic OH excluding ortho intramolecular Hbond substituents is 1. The molecular formula is C23H22ClN3O2. The van der Waals surface area contributed by atoms with E-state index in [9.17, 15) is 10.2 Å². The van der Waals surface area contributed by atoms with E-state index in [1.807, 2.05) is 59.1 Å². The Balaban J connectivity index is 1.83. The van der Waals surface area contributed by atoms with Gasteiger partial charge in [-0.2, -0.15) is 0 Å². The normalized spacial score (nSPS) is 11.7. The summed E-state index contributed by atoms with van der Waals surface area (Å²) in [6.45, 7) is 4.02. The molecule has 0 saturated carbocycles. The van der Waals surface area contributed by atoms with Gasteiger partial charge in [0.05, 0.1) is 5.60 Å². The van der Waals surface area contributed by atoms with E-state index in [2.05, 4.69) is 5.32 Å². The average molecular weight is 408 g/mol. The van der Waals surface area contributed by atoms with E-state index in [-0.39, 0.29) is 5.75 Å². The molecule has 0 saturated heterocycles. The van der Waals surface area contributed by atoms with E-state index in [0.29, 0.717) is 28.5 Å². The average Bonchev–Trinajstić information content (AvgIpc) is 3.03. The van der Waals surface area contributed by atoms with Gasteiger partial charge in [0, 0.05) is 23.3 Å². The molecule has 0 atom stereocenters. The Morgan fingerprint density at radius 3 is 2.59 bits per heavy atom. The summed E-state index contributed by atoms with van der Waals surface area (Å²) in [4.78, 5) is 4.75. The van der Waals surface area contributed by atoms with Crippen molar-refractivity contribution in [2.24, 2.45) is 0 Å². The molecule has 2 aromatic carbocycles. The van der Waals surface area contributed by atoms with E-state index in [1.165, 1.54) is 0 Å². The largest absolute Gasteiger partial charge is 0.507 e. The quantitative estimate of drug-likeness (QED) is 0.425. The van der Waals surface area contributed by atoms with Crippen LogP contribution in [0.5, 0.6) is 5.75 Å². The Bertz CT molecular complexity index is 1180.